The summed E-state index contributed by atoms with van der Waals surface area (Å²) in [6.45, 7) is 8.50. The van der Waals surface area contributed by atoms with Gasteiger partial charge in [-0.05, 0) is 36.5 Å². The van der Waals surface area contributed by atoms with E-state index in [1.165, 1.54) is 0 Å². The summed E-state index contributed by atoms with van der Waals surface area (Å²) in [5.41, 5.74) is 3.84. The third kappa shape index (κ3) is 3.51. The summed E-state index contributed by atoms with van der Waals surface area (Å²) >= 11 is 0. The number of ketones is 1. The highest BCUT2D eigenvalue weighted by Crippen LogP contribution is 2.48. The molecule has 1 N–H and O–H groups in total. The van der Waals surface area contributed by atoms with Gasteiger partial charge in [0.2, 0.25) is 6.79 Å². The molecule has 1 aromatic rings. The molecule has 1 atom stereocenters. The molecule has 0 spiro atoms. The van der Waals surface area contributed by atoms with Crippen LogP contribution in [0.2, 0.25) is 0 Å². The number of Topliss-reactive ketones (excluding diaryl/α,β-unsaturated/α-hetero) is 1. The molecule has 31 heavy (non-hydrogen) atoms. The van der Waals surface area contributed by atoms with Crippen molar-refractivity contribution in [3.8, 4) is 11.5 Å². The summed E-state index contributed by atoms with van der Waals surface area (Å²) in [6, 6.07) is 5.72. The van der Waals surface area contributed by atoms with Crippen LogP contribution in [0.3, 0.4) is 0 Å². The molecule has 0 saturated carbocycles. The number of fused-ring (bicyclic) bond motifs is 1. The van der Waals surface area contributed by atoms with E-state index in [9.17, 15) is 9.59 Å². The number of dihydropyridines is 1. The van der Waals surface area contributed by atoms with Crippen molar-refractivity contribution in [2.75, 3.05) is 33.1 Å². The standard InChI is InChI=1S/C24H28N2O5/c1-14-20(23(28)26-6-8-29-9-7-26)21(15-4-5-18-19(10-15)31-13-30-18)22-16(25-14)11-24(2,3)12-17(22)27/h4-5,10,21,25H,6-9,11-13H2,1-3H3/t21-/m0/s1. The van der Waals surface area contributed by atoms with Gasteiger partial charge in [-0.25, -0.2) is 0 Å². The zero-order chi connectivity index (χ0) is 21.8. The van der Waals surface area contributed by atoms with Crippen molar-refractivity contribution in [3.05, 3.63) is 46.3 Å². The first-order valence-corrected chi connectivity index (χ1v) is 10.8. The number of ether oxygens (including phenoxy) is 3. The SMILES string of the molecule is CC1=C(C(=O)N2CCOCC2)[C@H](c2ccc3c(c2)OCO3)C2=C(CC(C)(C)CC2=O)N1. The molecule has 5 rings (SSSR count). The largest absolute Gasteiger partial charge is 0.454 e. The summed E-state index contributed by atoms with van der Waals surface area (Å²) in [5, 5.41) is 3.43. The number of hydrogen-bond acceptors (Lipinski definition) is 6. The number of carbonyl (C=O) groups excluding carboxylic acids is 2. The van der Waals surface area contributed by atoms with E-state index in [4.69, 9.17) is 14.2 Å². The minimum atomic E-state index is -0.426. The average molecular weight is 424 g/mol. The van der Waals surface area contributed by atoms with Crippen LogP contribution in [0.5, 0.6) is 11.5 Å². The normalized spacial score (nSPS) is 24.8. The molecule has 1 aromatic carbocycles. The molecular weight excluding hydrogens is 396 g/mol. The van der Waals surface area contributed by atoms with Crippen LogP contribution in [0, 0.1) is 5.41 Å². The van der Waals surface area contributed by atoms with Gasteiger partial charge in [0.15, 0.2) is 17.3 Å². The van der Waals surface area contributed by atoms with Crippen molar-refractivity contribution in [2.24, 2.45) is 5.41 Å². The Labute approximate surface area is 182 Å². The van der Waals surface area contributed by atoms with Crippen molar-refractivity contribution in [3.63, 3.8) is 0 Å². The van der Waals surface area contributed by atoms with E-state index in [1.807, 2.05) is 30.0 Å². The maximum atomic E-state index is 13.7. The van der Waals surface area contributed by atoms with Crippen LogP contribution in [0.1, 0.15) is 45.1 Å². The number of benzene rings is 1. The molecule has 1 amide bonds. The molecule has 3 heterocycles. The lowest BCUT2D eigenvalue weighted by Crippen LogP contribution is -2.45. The number of morpholine rings is 1. The van der Waals surface area contributed by atoms with Crippen LogP contribution >= 0.6 is 0 Å². The molecule has 3 aliphatic heterocycles. The lowest BCUT2D eigenvalue weighted by molar-refractivity contribution is -0.131. The number of carbonyl (C=O) groups is 2. The quantitative estimate of drug-likeness (QED) is 0.787. The van der Waals surface area contributed by atoms with Crippen molar-refractivity contribution >= 4 is 11.7 Å². The molecule has 0 bridgehead atoms. The highest BCUT2D eigenvalue weighted by molar-refractivity contribution is 6.05. The van der Waals surface area contributed by atoms with E-state index in [0.29, 0.717) is 55.4 Å². The van der Waals surface area contributed by atoms with Crippen LogP contribution in [0.25, 0.3) is 0 Å². The Kier molecular flexibility index (Phi) is 4.81. The number of hydrogen-bond donors (Lipinski definition) is 1. The number of amides is 1. The predicted molar refractivity (Wildman–Crippen MR) is 114 cm³/mol. The predicted octanol–water partition coefficient (Wildman–Crippen LogP) is 2.88. The molecule has 1 aliphatic carbocycles. The number of allylic oxidation sites excluding steroid dienone is 3. The first-order chi connectivity index (χ1) is 14.8. The minimum absolute atomic E-state index is 0.0415. The lowest BCUT2D eigenvalue weighted by atomic mass is 9.68. The zero-order valence-electron chi connectivity index (χ0n) is 18.2. The second-order valence-corrected chi connectivity index (χ2v) is 9.45. The molecule has 1 saturated heterocycles. The third-order valence-corrected chi connectivity index (χ3v) is 6.50. The zero-order valence-corrected chi connectivity index (χ0v) is 18.2. The van der Waals surface area contributed by atoms with E-state index in [0.717, 1.165) is 23.4 Å². The summed E-state index contributed by atoms with van der Waals surface area (Å²) in [4.78, 5) is 28.9. The topological polar surface area (TPSA) is 77.1 Å². The molecule has 7 nitrogen and oxygen atoms in total. The Morgan fingerprint density at radius 1 is 1.13 bits per heavy atom. The van der Waals surface area contributed by atoms with Crippen LogP contribution in [0.4, 0.5) is 0 Å². The summed E-state index contributed by atoms with van der Waals surface area (Å²) < 4.78 is 16.5. The van der Waals surface area contributed by atoms with Gasteiger partial charge in [0, 0.05) is 48.0 Å². The van der Waals surface area contributed by atoms with Gasteiger partial charge >= 0.3 is 0 Å². The molecule has 164 valence electrons. The molecule has 7 heteroatoms. The summed E-state index contributed by atoms with van der Waals surface area (Å²) in [7, 11) is 0. The van der Waals surface area contributed by atoms with E-state index in [-0.39, 0.29) is 23.9 Å². The van der Waals surface area contributed by atoms with Gasteiger partial charge in [0.05, 0.1) is 13.2 Å². The Hall–Kier alpha value is -2.80. The fourth-order valence-electron chi connectivity index (χ4n) is 5.08. The monoisotopic (exact) mass is 424 g/mol. The van der Waals surface area contributed by atoms with E-state index < -0.39 is 5.92 Å². The molecule has 1 fully saturated rings. The Balaban J connectivity index is 1.63. The van der Waals surface area contributed by atoms with Crippen molar-refractivity contribution in [1.82, 2.24) is 10.2 Å². The first kappa shape index (κ1) is 20.1. The maximum absolute atomic E-state index is 13.7. The van der Waals surface area contributed by atoms with Crippen LogP contribution in [0.15, 0.2) is 40.7 Å². The van der Waals surface area contributed by atoms with Crippen LogP contribution in [-0.4, -0.2) is 49.7 Å². The van der Waals surface area contributed by atoms with Gasteiger partial charge in [-0.1, -0.05) is 19.9 Å². The van der Waals surface area contributed by atoms with Crippen LogP contribution in [-0.2, 0) is 14.3 Å². The molecular formula is C24H28N2O5. The number of nitrogens with zero attached hydrogens (tertiary/aromatic N) is 1. The number of nitrogens with one attached hydrogen (secondary N) is 1. The molecule has 0 aromatic heterocycles. The van der Waals surface area contributed by atoms with Crippen molar-refractivity contribution in [1.29, 1.82) is 0 Å². The van der Waals surface area contributed by atoms with E-state index >= 15 is 0 Å². The average Bonchev–Trinajstić information content (AvgIpc) is 3.20. The lowest BCUT2D eigenvalue weighted by Gasteiger charge is -2.41. The first-order valence-electron chi connectivity index (χ1n) is 10.8. The summed E-state index contributed by atoms with van der Waals surface area (Å²) in [6.07, 6.45) is 1.23. The van der Waals surface area contributed by atoms with Gasteiger partial charge in [-0.3, -0.25) is 9.59 Å². The van der Waals surface area contributed by atoms with Gasteiger partial charge < -0.3 is 24.4 Å². The molecule has 0 unspecified atom stereocenters. The van der Waals surface area contributed by atoms with Crippen molar-refractivity contribution < 1.29 is 23.8 Å². The van der Waals surface area contributed by atoms with Gasteiger partial charge in [-0.15, -0.1) is 0 Å². The highest BCUT2D eigenvalue weighted by atomic mass is 16.7. The van der Waals surface area contributed by atoms with Gasteiger partial charge in [0.25, 0.3) is 5.91 Å². The second-order valence-electron chi connectivity index (χ2n) is 9.45. The van der Waals surface area contributed by atoms with E-state index in [2.05, 4.69) is 19.2 Å². The Bertz CT molecular complexity index is 1020. The molecule has 0 radical (unpaired) electrons. The number of rotatable bonds is 2. The minimum Gasteiger partial charge on any atom is -0.454 e. The highest BCUT2D eigenvalue weighted by Gasteiger charge is 2.43. The van der Waals surface area contributed by atoms with Gasteiger partial charge in [-0.2, -0.15) is 0 Å². The fourth-order valence-corrected chi connectivity index (χ4v) is 5.08. The maximum Gasteiger partial charge on any atom is 0.252 e. The second kappa shape index (κ2) is 7.41. The Morgan fingerprint density at radius 3 is 2.65 bits per heavy atom. The smallest absolute Gasteiger partial charge is 0.252 e. The molecule has 4 aliphatic rings. The van der Waals surface area contributed by atoms with Gasteiger partial charge in [0.1, 0.15) is 0 Å². The van der Waals surface area contributed by atoms with E-state index in [1.54, 1.807) is 0 Å². The fraction of sp³-hybridized carbons (Fsp3) is 0.500. The third-order valence-electron chi connectivity index (χ3n) is 6.50. The van der Waals surface area contributed by atoms with Crippen LogP contribution < -0.4 is 14.8 Å². The van der Waals surface area contributed by atoms with Crippen molar-refractivity contribution in [2.45, 2.75) is 39.5 Å². The summed E-state index contributed by atoms with van der Waals surface area (Å²) in [5.74, 6) is 0.966. The Morgan fingerprint density at radius 2 is 1.87 bits per heavy atom.